The van der Waals surface area contributed by atoms with Crippen LogP contribution in [0.25, 0.3) is 0 Å². The predicted molar refractivity (Wildman–Crippen MR) is 350 cm³/mol. The second-order valence-corrected chi connectivity index (χ2v) is 30.8. The molecule has 4 amide bonds. The van der Waals surface area contributed by atoms with E-state index in [1.54, 1.807) is 60.3 Å². The summed E-state index contributed by atoms with van der Waals surface area (Å²) in [4.78, 5) is 91.0. The first-order valence-electron chi connectivity index (χ1n) is 31.7. The number of halogens is 7. The molecule has 488 valence electrons. The second-order valence-electron chi connectivity index (χ2n) is 29.2. The normalized spacial score (nSPS) is 29.5. The number of aromatic nitrogens is 2. The molecule has 8 aliphatic rings. The van der Waals surface area contributed by atoms with Gasteiger partial charge in [0.2, 0.25) is 23.6 Å². The van der Waals surface area contributed by atoms with Crippen molar-refractivity contribution in [3.8, 4) is 0 Å². The van der Waals surface area contributed by atoms with Crippen LogP contribution >= 0.6 is 58.8 Å². The number of pyridine rings is 2. The van der Waals surface area contributed by atoms with Gasteiger partial charge >= 0.3 is 5.97 Å². The monoisotopic (exact) mass is 1340 g/mol. The fraction of sp³-hybridized carbons (Fsp3) is 0.594. The molecule has 0 unspecified atom stereocenters. The highest BCUT2D eigenvalue weighted by Crippen LogP contribution is 2.74. The van der Waals surface area contributed by atoms with Gasteiger partial charge in [0, 0.05) is 104 Å². The van der Waals surface area contributed by atoms with Crippen LogP contribution in [-0.4, -0.2) is 94.5 Å². The summed E-state index contributed by atoms with van der Waals surface area (Å²) in [5.41, 5.74) is 5.44. The predicted octanol–water partition coefficient (Wildman–Crippen LogP) is 15.2. The maximum Gasteiger partial charge on any atom is 0.307 e. The summed E-state index contributed by atoms with van der Waals surface area (Å²) < 4.78 is 31.6. The summed E-state index contributed by atoms with van der Waals surface area (Å²) in [5, 5.41) is 16.8. The van der Waals surface area contributed by atoms with Crippen molar-refractivity contribution in [2.24, 2.45) is 57.0 Å². The molecule has 5 N–H and O–H groups in total. The zero-order valence-electron chi connectivity index (χ0n) is 52.8. The third-order valence-electron chi connectivity index (χ3n) is 22.6. The van der Waals surface area contributed by atoms with Crippen molar-refractivity contribution in [1.82, 2.24) is 19.8 Å². The lowest BCUT2D eigenvalue weighted by Gasteiger charge is -2.51. The number of aliphatic carboxylic acids is 1. The van der Waals surface area contributed by atoms with Crippen LogP contribution in [0.3, 0.4) is 0 Å². The van der Waals surface area contributed by atoms with E-state index in [0.717, 1.165) is 95.5 Å². The van der Waals surface area contributed by atoms with Crippen molar-refractivity contribution in [1.29, 1.82) is 0 Å². The van der Waals surface area contributed by atoms with E-state index in [0.29, 0.717) is 58.7 Å². The minimum atomic E-state index is -1.25. The third-order valence-corrected chi connectivity index (χ3v) is 23.6. The van der Waals surface area contributed by atoms with Gasteiger partial charge in [-0.15, -0.1) is 12.4 Å². The smallest absolute Gasteiger partial charge is 0.307 e. The molecule has 90 heavy (non-hydrogen) atoms. The molecular weight excluding hydrogens is 1250 g/mol. The van der Waals surface area contributed by atoms with Crippen LogP contribution in [0.1, 0.15) is 184 Å². The number of nitrogens with zero attached hydrogens (tertiary/aromatic N) is 4. The minimum absolute atomic E-state index is 0. The standard InChI is InChI=1S/C35H42Cl2FN3O3.C25H25Cl2FN2O3.C9H18N2O.ClH/c1-33(2)12-14-34(15-13-33)19-24(27(42)17-20-5-7-21(8-6-20)31(43)41(3)4)28(23-11-16-39-30(37)29(23)38)35(34)25-10-9-22(36)18-26(25)40-32(35)44;1-23(2)6-8-24(9-7-23)12-15(21(31)32)18(14-5-10-29-20(27)19(14)28)25(24)16-4-3-13(26)11-17(16)30-22(25)33;1-11(2)9(12)7-3-5-8(10)6-4-7;/h9-11,16,18,20-21,24,28H,5-8,12-15,17,19H2,1-4H3,(H,40,44);3-5,10-11,15,18H,6-9,12H2,1-2H3,(H,30,33)(H,31,32);7-8H,3-6,10H2,1-2H3;1H/t20?,21?,24-,28-,35+;15-,18+,25-;;/m01../s1. The number of hydrogen-bond acceptors (Lipinski definition) is 9. The van der Waals surface area contributed by atoms with Crippen molar-refractivity contribution < 1.29 is 42.7 Å². The first-order valence-corrected chi connectivity index (χ1v) is 33.2. The average molecular weight is 1340 g/mol. The third kappa shape index (κ3) is 12.3. The quantitative estimate of drug-likeness (QED) is 0.123. The van der Waals surface area contributed by atoms with Gasteiger partial charge in [-0.2, -0.15) is 0 Å². The van der Waals surface area contributed by atoms with Crippen LogP contribution < -0.4 is 16.4 Å². The molecule has 4 spiro atoms. The molecule has 4 heterocycles. The molecule has 0 radical (unpaired) electrons. The van der Waals surface area contributed by atoms with Gasteiger partial charge in [0.15, 0.2) is 21.9 Å². The molecule has 2 aromatic carbocycles. The van der Waals surface area contributed by atoms with E-state index in [4.69, 9.17) is 52.1 Å². The first-order chi connectivity index (χ1) is 41.9. The fourth-order valence-electron chi connectivity index (χ4n) is 17.9. The Bertz CT molecular complexity index is 3420. The summed E-state index contributed by atoms with van der Waals surface area (Å²) in [6.45, 7) is 8.89. The SMILES string of the molecule is CC1(C)CCC2(CC1)C[C@@H](C(=O)O)[C@H](c1ccnc(Cl)c1F)[C@]21C(=O)Nc2cc(Cl)ccc21.CN(C)C(=O)C1CCC(CC(=O)[C@@H]2CC3(CCC(C)(C)CC3)[C@@]3(C(=O)Nc4cc(Cl)ccc43)[C@H]2c2ccnc(Cl)c2F)CC1.CN(C)C(=O)C1CCC(N)CC1.Cl. The Morgan fingerprint density at radius 3 is 1.36 bits per heavy atom. The van der Waals surface area contributed by atoms with Crippen molar-refractivity contribution >= 4 is 106 Å². The van der Waals surface area contributed by atoms with Crippen LogP contribution in [0.15, 0.2) is 60.9 Å². The Morgan fingerprint density at radius 2 is 0.967 bits per heavy atom. The molecule has 6 saturated carbocycles. The Balaban J connectivity index is 0.000000183. The number of hydrogen-bond donors (Lipinski definition) is 4. The highest BCUT2D eigenvalue weighted by Gasteiger charge is 2.74. The lowest BCUT2D eigenvalue weighted by atomic mass is 9.51. The molecule has 0 saturated heterocycles. The number of carboxylic acid groups (broad SMARTS) is 1. The zero-order chi connectivity index (χ0) is 64.5. The second kappa shape index (κ2) is 26.4. The molecular formula is C69H86Cl5F2N7O7. The van der Waals surface area contributed by atoms with Gasteiger partial charge in [0.25, 0.3) is 0 Å². The van der Waals surface area contributed by atoms with Crippen molar-refractivity contribution in [3.63, 3.8) is 0 Å². The van der Waals surface area contributed by atoms with Crippen LogP contribution in [0.2, 0.25) is 20.4 Å². The number of Topliss-reactive ketones (excluding diaryl/α,β-unsaturated/α-hetero) is 1. The highest BCUT2D eigenvalue weighted by atomic mass is 35.5. The molecule has 2 aromatic heterocycles. The molecule has 2 aliphatic heterocycles. The zero-order valence-corrected chi connectivity index (χ0v) is 56.6. The summed E-state index contributed by atoms with van der Waals surface area (Å²) in [6.07, 6.45) is 17.5. The highest BCUT2D eigenvalue weighted by molar-refractivity contribution is 6.32. The Hall–Kier alpha value is -4.97. The molecule has 6 aliphatic carbocycles. The number of nitrogens with one attached hydrogen (secondary N) is 2. The number of anilines is 2. The topological polar surface area (TPSA) is 205 Å². The summed E-state index contributed by atoms with van der Waals surface area (Å²) in [5.74, 6) is -5.29. The van der Waals surface area contributed by atoms with E-state index < -0.39 is 62.9 Å². The average Bonchev–Trinajstić information content (AvgIpc) is 1.51. The number of benzene rings is 2. The van der Waals surface area contributed by atoms with Crippen molar-refractivity contribution in [2.45, 2.75) is 178 Å². The van der Waals surface area contributed by atoms with Gasteiger partial charge in [0.05, 0.1) is 16.7 Å². The van der Waals surface area contributed by atoms with Gasteiger partial charge in [-0.05, 0) is 202 Å². The molecule has 6 atom stereocenters. The number of amides is 4. The number of carbonyl (C=O) groups is 6. The molecule has 6 fully saturated rings. The minimum Gasteiger partial charge on any atom is -0.481 e. The number of carboxylic acids is 1. The summed E-state index contributed by atoms with van der Waals surface area (Å²) in [7, 11) is 7.20. The van der Waals surface area contributed by atoms with E-state index in [1.165, 1.54) is 18.5 Å². The van der Waals surface area contributed by atoms with E-state index in [-0.39, 0.29) is 98.3 Å². The van der Waals surface area contributed by atoms with E-state index in [2.05, 4.69) is 48.3 Å². The summed E-state index contributed by atoms with van der Waals surface area (Å²) in [6, 6.07) is 14.1. The van der Waals surface area contributed by atoms with Crippen LogP contribution in [0.4, 0.5) is 20.2 Å². The van der Waals surface area contributed by atoms with Gasteiger partial charge < -0.3 is 31.3 Å². The number of carbonyl (C=O) groups excluding carboxylic acids is 5. The Kier molecular flexibility index (Phi) is 20.4. The van der Waals surface area contributed by atoms with Crippen molar-refractivity contribution in [2.75, 3.05) is 38.8 Å². The van der Waals surface area contributed by atoms with Crippen molar-refractivity contribution in [3.05, 3.63) is 115 Å². The van der Waals surface area contributed by atoms with Crippen LogP contribution in [-0.2, 0) is 39.6 Å². The number of fused-ring (bicyclic) bond motifs is 6. The molecule has 12 rings (SSSR count). The Morgan fingerprint density at radius 1 is 0.589 bits per heavy atom. The maximum absolute atomic E-state index is 16.1. The maximum atomic E-state index is 16.1. The van der Waals surface area contributed by atoms with Gasteiger partial charge in [0.1, 0.15) is 5.78 Å². The largest absolute Gasteiger partial charge is 0.481 e. The number of ketones is 1. The van der Waals surface area contributed by atoms with Gasteiger partial charge in [-0.3, -0.25) is 28.8 Å². The number of nitrogens with two attached hydrogens (primary N) is 1. The van der Waals surface area contributed by atoms with Crippen LogP contribution in [0, 0.1) is 62.9 Å². The summed E-state index contributed by atoms with van der Waals surface area (Å²) >= 11 is 24.9. The van der Waals surface area contributed by atoms with Gasteiger partial charge in [-0.1, -0.05) is 86.2 Å². The van der Waals surface area contributed by atoms with Gasteiger partial charge in [-0.25, -0.2) is 18.7 Å². The lowest BCUT2D eigenvalue weighted by molar-refractivity contribution is -0.142. The lowest BCUT2D eigenvalue weighted by Crippen LogP contribution is -2.52. The molecule has 4 aromatic rings. The van der Waals surface area contributed by atoms with E-state index in [1.807, 2.05) is 20.2 Å². The van der Waals surface area contributed by atoms with E-state index in [9.17, 15) is 33.9 Å². The number of rotatable bonds is 8. The van der Waals surface area contributed by atoms with Crippen LogP contribution in [0.5, 0.6) is 0 Å². The molecule has 0 bridgehead atoms. The Labute approximate surface area is 554 Å². The molecule has 21 heteroatoms. The first kappa shape index (κ1) is 69.4. The molecule has 14 nitrogen and oxygen atoms in total. The van der Waals surface area contributed by atoms with E-state index >= 15 is 8.78 Å². The fourth-order valence-corrected chi connectivity index (χ4v) is 18.5.